The Morgan fingerprint density at radius 1 is 1.53 bits per heavy atom. The Hall–Kier alpha value is -0.610. The second-order valence-corrected chi connectivity index (χ2v) is 5.51. The molecule has 4 heteroatoms. The van der Waals surface area contributed by atoms with Crippen LogP contribution in [-0.4, -0.2) is 42.2 Å². The van der Waals surface area contributed by atoms with Gasteiger partial charge in [0.2, 0.25) is 5.91 Å². The van der Waals surface area contributed by atoms with Gasteiger partial charge < -0.3 is 15.7 Å². The van der Waals surface area contributed by atoms with Crippen LogP contribution in [0.4, 0.5) is 0 Å². The molecule has 0 aromatic heterocycles. The van der Waals surface area contributed by atoms with Crippen LogP contribution in [0.15, 0.2) is 0 Å². The van der Waals surface area contributed by atoms with Crippen LogP contribution in [0.25, 0.3) is 0 Å². The van der Waals surface area contributed by atoms with Gasteiger partial charge in [-0.1, -0.05) is 13.8 Å². The van der Waals surface area contributed by atoms with Gasteiger partial charge in [-0.25, -0.2) is 0 Å². The number of hydrogen-bond donors (Lipinski definition) is 2. The molecule has 1 fully saturated rings. The van der Waals surface area contributed by atoms with Crippen molar-refractivity contribution in [2.45, 2.75) is 33.1 Å². The van der Waals surface area contributed by atoms with Crippen LogP contribution < -0.4 is 5.73 Å². The molecule has 1 aliphatic heterocycles. The highest BCUT2D eigenvalue weighted by molar-refractivity contribution is 5.79. The summed E-state index contributed by atoms with van der Waals surface area (Å²) >= 11 is 0. The number of rotatable bonds is 6. The molecule has 4 nitrogen and oxygen atoms in total. The average molecular weight is 242 g/mol. The smallest absolute Gasteiger partial charge is 0.226 e. The fraction of sp³-hybridized carbons (Fsp3) is 0.923. The lowest BCUT2D eigenvalue weighted by molar-refractivity contribution is -0.134. The monoisotopic (exact) mass is 242 g/mol. The quantitative estimate of drug-likeness (QED) is 0.725. The number of carbonyl (C=O) groups excluding carboxylic acids is 1. The first kappa shape index (κ1) is 14.5. The standard InChI is InChI=1S/C13H26N2O2/c1-10(2)7-12(8-14)13(17)15-5-3-11(9-15)4-6-16/h10-12,16H,3-9,14H2,1-2H3. The van der Waals surface area contributed by atoms with Crippen molar-refractivity contribution in [2.24, 2.45) is 23.5 Å². The summed E-state index contributed by atoms with van der Waals surface area (Å²) < 4.78 is 0. The molecule has 100 valence electrons. The minimum atomic E-state index is -0.0251. The van der Waals surface area contributed by atoms with Gasteiger partial charge in [-0.15, -0.1) is 0 Å². The van der Waals surface area contributed by atoms with Gasteiger partial charge in [-0.05, 0) is 31.1 Å². The van der Waals surface area contributed by atoms with Crippen molar-refractivity contribution in [3.63, 3.8) is 0 Å². The van der Waals surface area contributed by atoms with Crippen LogP contribution >= 0.6 is 0 Å². The summed E-state index contributed by atoms with van der Waals surface area (Å²) in [5, 5.41) is 8.90. The van der Waals surface area contributed by atoms with Gasteiger partial charge in [0.25, 0.3) is 0 Å². The topological polar surface area (TPSA) is 66.6 Å². The molecule has 0 saturated carbocycles. The predicted octanol–water partition coefficient (Wildman–Crippen LogP) is 0.838. The molecule has 0 aliphatic carbocycles. The Morgan fingerprint density at radius 2 is 2.24 bits per heavy atom. The number of carbonyl (C=O) groups is 1. The Balaban J connectivity index is 2.46. The molecule has 0 bridgehead atoms. The van der Waals surface area contributed by atoms with Crippen molar-refractivity contribution in [2.75, 3.05) is 26.2 Å². The van der Waals surface area contributed by atoms with Crippen LogP contribution in [0.2, 0.25) is 0 Å². The fourth-order valence-corrected chi connectivity index (χ4v) is 2.58. The van der Waals surface area contributed by atoms with Gasteiger partial charge in [0.05, 0.1) is 5.92 Å². The summed E-state index contributed by atoms with van der Waals surface area (Å²) in [5.41, 5.74) is 5.70. The SMILES string of the molecule is CC(C)CC(CN)C(=O)N1CCC(CCO)C1. The van der Waals surface area contributed by atoms with Crippen LogP contribution in [0.5, 0.6) is 0 Å². The zero-order valence-electron chi connectivity index (χ0n) is 11.1. The lowest BCUT2D eigenvalue weighted by atomic mass is 9.96. The summed E-state index contributed by atoms with van der Waals surface area (Å²) in [5.74, 6) is 1.16. The van der Waals surface area contributed by atoms with E-state index in [1.165, 1.54) is 0 Å². The molecular weight excluding hydrogens is 216 g/mol. The van der Waals surface area contributed by atoms with E-state index in [-0.39, 0.29) is 18.4 Å². The lowest BCUT2D eigenvalue weighted by Crippen LogP contribution is -2.38. The number of nitrogens with two attached hydrogens (primary N) is 1. The third-order valence-electron chi connectivity index (χ3n) is 3.52. The van der Waals surface area contributed by atoms with Crippen molar-refractivity contribution in [1.82, 2.24) is 4.90 Å². The number of hydrogen-bond acceptors (Lipinski definition) is 3. The van der Waals surface area contributed by atoms with Crippen molar-refractivity contribution < 1.29 is 9.90 Å². The molecule has 1 amide bonds. The third kappa shape index (κ3) is 4.28. The Labute approximate surface area is 104 Å². The van der Waals surface area contributed by atoms with E-state index in [2.05, 4.69) is 13.8 Å². The molecule has 0 radical (unpaired) electrons. The van der Waals surface area contributed by atoms with Gasteiger partial charge in [-0.3, -0.25) is 4.79 Å². The van der Waals surface area contributed by atoms with E-state index in [0.717, 1.165) is 32.4 Å². The third-order valence-corrected chi connectivity index (χ3v) is 3.52. The second kappa shape index (κ2) is 6.97. The molecule has 0 aromatic carbocycles. The lowest BCUT2D eigenvalue weighted by Gasteiger charge is -2.23. The van der Waals surface area contributed by atoms with Gasteiger partial charge in [0.1, 0.15) is 0 Å². The van der Waals surface area contributed by atoms with Crippen molar-refractivity contribution >= 4 is 5.91 Å². The Bertz CT molecular complexity index is 244. The number of amides is 1. The van der Waals surface area contributed by atoms with Crippen molar-refractivity contribution in [1.29, 1.82) is 0 Å². The van der Waals surface area contributed by atoms with Gasteiger partial charge in [-0.2, -0.15) is 0 Å². The van der Waals surface area contributed by atoms with Gasteiger partial charge in [0.15, 0.2) is 0 Å². The molecule has 1 heterocycles. The highest BCUT2D eigenvalue weighted by atomic mass is 16.3. The Kier molecular flexibility index (Phi) is 5.92. The molecular formula is C13H26N2O2. The highest BCUT2D eigenvalue weighted by Crippen LogP contribution is 2.22. The van der Waals surface area contributed by atoms with Crippen LogP contribution in [0.1, 0.15) is 33.1 Å². The fourth-order valence-electron chi connectivity index (χ4n) is 2.58. The van der Waals surface area contributed by atoms with E-state index >= 15 is 0 Å². The molecule has 3 N–H and O–H groups in total. The van der Waals surface area contributed by atoms with Crippen LogP contribution in [0.3, 0.4) is 0 Å². The second-order valence-electron chi connectivity index (χ2n) is 5.51. The molecule has 0 aromatic rings. The molecule has 1 aliphatic rings. The molecule has 2 atom stereocenters. The maximum absolute atomic E-state index is 12.2. The number of likely N-dealkylation sites (tertiary alicyclic amines) is 1. The predicted molar refractivity (Wildman–Crippen MR) is 68.4 cm³/mol. The first-order valence-electron chi connectivity index (χ1n) is 6.68. The summed E-state index contributed by atoms with van der Waals surface area (Å²) in [7, 11) is 0. The number of aliphatic hydroxyl groups excluding tert-OH is 1. The van der Waals surface area contributed by atoms with E-state index in [0.29, 0.717) is 18.4 Å². The first-order chi connectivity index (χ1) is 8.08. The van der Waals surface area contributed by atoms with E-state index in [9.17, 15) is 4.79 Å². The molecule has 1 saturated heterocycles. The molecule has 17 heavy (non-hydrogen) atoms. The van der Waals surface area contributed by atoms with Gasteiger partial charge >= 0.3 is 0 Å². The largest absolute Gasteiger partial charge is 0.396 e. The van der Waals surface area contributed by atoms with Gasteiger partial charge in [0, 0.05) is 26.2 Å². The zero-order chi connectivity index (χ0) is 12.8. The van der Waals surface area contributed by atoms with Crippen LogP contribution in [0, 0.1) is 17.8 Å². The summed E-state index contributed by atoms with van der Waals surface area (Å²) in [6.07, 6.45) is 2.70. The number of nitrogens with zero attached hydrogens (tertiary/aromatic N) is 1. The number of aliphatic hydroxyl groups is 1. The summed E-state index contributed by atoms with van der Waals surface area (Å²) in [6, 6.07) is 0. The first-order valence-corrected chi connectivity index (χ1v) is 6.68. The van der Waals surface area contributed by atoms with Crippen LogP contribution in [-0.2, 0) is 4.79 Å². The molecule has 0 spiro atoms. The maximum Gasteiger partial charge on any atom is 0.226 e. The Morgan fingerprint density at radius 3 is 2.76 bits per heavy atom. The highest BCUT2D eigenvalue weighted by Gasteiger charge is 2.30. The van der Waals surface area contributed by atoms with E-state index in [1.54, 1.807) is 0 Å². The average Bonchev–Trinajstić information content (AvgIpc) is 2.74. The normalized spacial score (nSPS) is 22.2. The summed E-state index contributed by atoms with van der Waals surface area (Å²) in [4.78, 5) is 14.2. The molecule has 2 unspecified atom stereocenters. The van der Waals surface area contributed by atoms with Crippen molar-refractivity contribution in [3.8, 4) is 0 Å². The minimum absolute atomic E-state index is 0.0251. The maximum atomic E-state index is 12.2. The van der Waals surface area contributed by atoms with E-state index < -0.39 is 0 Å². The molecule has 1 rings (SSSR count). The van der Waals surface area contributed by atoms with Crippen molar-refractivity contribution in [3.05, 3.63) is 0 Å². The zero-order valence-corrected chi connectivity index (χ0v) is 11.1. The van der Waals surface area contributed by atoms with E-state index in [4.69, 9.17) is 10.8 Å². The van der Waals surface area contributed by atoms with E-state index in [1.807, 2.05) is 4.90 Å². The minimum Gasteiger partial charge on any atom is -0.396 e. The summed E-state index contributed by atoms with van der Waals surface area (Å²) in [6.45, 7) is 6.53.